The third-order valence-electron chi connectivity index (χ3n) is 5.45. The highest BCUT2D eigenvalue weighted by Crippen LogP contribution is 2.40. The molecule has 1 saturated carbocycles. The number of nitrogens with one attached hydrogen (secondary N) is 3. The quantitative estimate of drug-likeness (QED) is 0.619. The van der Waals surface area contributed by atoms with Gasteiger partial charge in [-0.1, -0.05) is 19.2 Å². The van der Waals surface area contributed by atoms with Crippen LogP contribution in [-0.4, -0.2) is 29.0 Å². The second-order valence-electron chi connectivity index (χ2n) is 7.67. The van der Waals surface area contributed by atoms with Crippen molar-refractivity contribution in [2.45, 2.75) is 44.2 Å². The van der Waals surface area contributed by atoms with E-state index in [0.717, 1.165) is 44.2 Å². The number of aromatic nitrogens is 1. The molecule has 26 heavy (non-hydrogen) atoms. The Morgan fingerprint density at radius 3 is 2.85 bits per heavy atom. The van der Waals surface area contributed by atoms with Crippen molar-refractivity contribution in [3.63, 3.8) is 0 Å². The van der Waals surface area contributed by atoms with Gasteiger partial charge in [0.25, 0.3) is 0 Å². The first kappa shape index (κ1) is 16.9. The summed E-state index contributed by atoms with van der Waals surface area (Å²) in [4.78, 5) is 5.62. The first-order valence-electron chi connectivity index (χ1n) is 9.58. The second-order valence-corrected chi connectivity index (χ2v) is 7.67. The van der Waals surface area contributed by atoms with Crippen LogP contribution in [0.2, 0.25) is 0 Å². The van der Waals surface area contributed by atoms with Crippen molar-refractivity contribution in [3.05, 3.63) is 60.3 Å². The fraction of sp³-hybridized carbons (Fsp3) is 0.429. The number of H-pyrrole nitrogens is 1. The lowest BCUT2D eigenvalue weighted by Gasteiger charge is -2.35. The van der Waals surface area contributed by atoms with Crippen LogP contribution < -0.4 is 16.4 Å². The van der Waals surface area contributed by atoms with Gasteiger partial charge in [-0.15, -0.1) is 0 Å². The first-order chi connectivity index (χ1) is 12.6. The molecule has 0 spiro atoms. The van der Waals surface area contributed by atoms with Gasteiger partial charge in [-0.05, 0) is 60.7 Å². The predicted molar refractivity (Wildman–Crippen MR) is 107 cm³/mol. The molecule has 1 saturated heterocycles. The van der Waals surface area contributed by atoms with E-state index in [0.29, 0.717) is 11.9 Å². The summed E-state index contributed by atoms with van der Waals surface area (Å²) in [5.74, 6) is 2.30. The minimum absolute atomic E-state index is 0.355. The van der Waals surface area contributed by atoms with Crippen molar-refractivity contribution >= 4 is 10.9 Å². The molecule has 0 amide bonds. The van der Waals surface area contributed by atoms with Crippen molar-refractivity contribution < 1.29 is 0 Å². The Morgan fingerprint density at radius 1 is 1.23 bits per heavy atom. The average molecular weight is 351 g/mol. The lowest BCUT2D eigenvalue weighted by atomic mass is 10.1. The molecular weight excluding hydrogens is 322 g/mol. The average Bonchev–Trinajstić information content (AvgIpc) is 3.39. The van der Waals surface area contributed by atoms with Crippen molar-refractivity contribution in [1.82, 2.24) is 20.5 Å². The van der Waals surface area contributed by atoms with E-state index in [4.69, 9.17) is 5.73 Å². The number of aromatic amines is 1. The minimum Gasteiger partial charge on any atom is -0.386 e. The number of hydrogen-bond acceptors (Lipinski definition) is 4. The van der Waals surface area contributed by atoms with Crippen LogP contribution in [0.3, 0.4) is 0 Å². The molecule has 1 aliphatic heterocycles. The molecular formula is C21H29N5. The van der Waals surface area contributed by atoms with E-state index in [1.807, 2.05) is 0 Å². The van der Waals surface area contributed by atoms with Crippen LogP contribution in [0.4, 0.5) is 0 Å². The molecule has 0 bridgehead atoms. The van der Waals surface area contributed by atoms with E-state index in [2.05, 4.69) is 57.9 Å². The van der Waals surface area contributed by atoms with E-state index in [1.54, 1.807) is 0 Å². The zero-order valence-electron chi connectivity index (χ0n) is 15.4. The normalized spacial score (nSPS) is 20.2. The highest BCUT2D eigenvalue weighted by atomic mass is 15.2. The van der Waals surface area contributed by atoms with Crippen LogP contribution in [-0.2, 0) is 6.54 Å². The van der Waals surface area contributed by atoms with Crippen molar-refractivity contribution in [3.8, 4) is 0 Å². The van der Waals surface area contributed by atoms with Crippen molar-refractivity contribution in [1.29, 1.82) is 0 Å². The fourth-order valence-corrected chi connectivity index (χ4v) is 3.83. The van der Waals surface area contributed by atoms with Gasteiger partial charge in [0.1, 0.15) is 0 Å². The summed E-state index contributed by atoms with van der Waals surface area (Å²) in [5.41, 5.74) is 9.68. The number of rotatable bonds is 7. The van der Waals surface area contributed by atoms with Crippen LogP contribution >= 0.6 is 0 Å². The Labute approximate surface area is 155 Å². The lowest BCUT2D eigenvalue weighted by molar-refractivity contribution is 0.239. The monoisotopic (exact) mass is 351 g/mol. The molecule has 1 aromatic carbocycles. The maximum absolute atomic E-state index is 5.83. The maximum atomic E-state index is 5.83. The van der Waals surface area contributed by atoms with Gasteiger partial charge in [0.15, 0.2) is 0 Å². The third kappa shape index (κ3) is 3.82. The van der Waals surface area contributed by atoms with Gasteiger partial charge in [-0.3, -0.25) is 0 Å². The van der Waals surface area contributed by atoms with Crippen LogP contribution in [0.1, 0.15) is 42.9 Å². The number of nitrogens with two attached hydrogens (primary N) is 1. The molecule has 2 aliphatic rings. The molecule has 2 fully saturated rings. The zero-order valence-corrected chi connectivity index (χ0v) is 15.4. The molecule has 4 rings (SSSR count). The number of hydrogen-bond donors (Lipinski definition) is 4. The Hall–Kier alpha value is -2.56. The number of benzene rings is 1. The minimum atomic E-state index is 0.355. The Bertz CT molecular complexity index is 817. The fourth-order valence-electron chi connectivity index (χ4n) is 3.83. The van der Waals surface area contributed by atoms with Crippen LogP contribution in [0.15, 0.2) is 49.1 Å². The molecule has 0 radical (unpaired) electrons. The topological polar surface area (TPSA) is 69.1 Å². The summed E-state index contributed by atoms with van der Waals surface area (Å²) in [6.45, 7) is 10.6. The van der Waals surface area contributed by atoms with Gasteiger partial charge in [0.05, 0.1) is 18.2 Å². The highest BCUT2D eigenvalue weighted by molar-refractivity contribution is 5.81. The molecule has 5 nitrogen and oxygen atoms in total. The smallest absolute Gasteiger partial charge is 0.0918 e. The summed E-state index contributed by atoms with van der Waals surface area (Å²) >= 11 is 0. The SMILES string of the molecule is C=C(NCc1cc2cc(C3CC3)ccc2[nH]1)NC1CCCN(C(=C)N)C1. The third-order valence-corrected chi connectivity index (χ3v) is 5.45. The van der Waals surface area contributed by atoms with Crippen LogP contribution in [0, 0.1) is 0 Å². The maximum Gasteiger partial charge on any atom is 0.0918 e. The molecule has 2 heterocycles. The van der Waals surface area contributed by atoms with E-state index >= 15 is 0 Å². The van der Waals surface area contributed by atoms with Crippen LogP contribution in [0.5, 0.6) is 0 Å². The number of nitrogens with zero attached hydrogens (tertiary/aromatic N) is 1. The zero-order chi connectivity index (χ0) is 18.1. The van der Waals surface area contributed by atoms with Crippen molar-refractivity contribution in [2.75, 3.05) is 13.1 Å². The Morgan fingerprint density at radius 2 is 2.08 bits per heavy atom. The summed E-state index contributed by atoms with van der Waals surface area (Å²) in [5, 5.41) is 8.17. The largest absolute Gasteiger partial charge is 0.386 e. The van der Waals surface area contributed by atoms with Gasteiger partial charge in [0, 0.05) is 30.3 Å². The van der Waals surface area contributed by atoms with E-state index < -0.39 is 0 Å². The van der Waals surface area contributed by atoms with Gasteiger partial charge in [0.2, 0.25) is 0 Å². The lowest BCUT2D eigenvalue weighted by Crippen LogP contribution is -2.47. The summed E-state index contributed by atoms with van der Waals surface area (Å²) in [7, 11) is 0. The van der Waals surface area contributed by atoms with E-state index in [-0.39, 0.29) is 0 Å². The molecule has 1 aliphatic carbocycles. The van der Waals surface area contributed by atoms with Gasteiger partial charge < -0.3 is 26.3 Å². The number of piperidine rings is 1. The molecule has 138 valence electrons. The second kappa shape index (κ2) is 6.98. The molecule has 1 aromatic heterocycles. The predicted octanol–water partition coefficient (Wildman–Crippen LogP) is 3.09. The first-order valence-corrected chi connectivity index (χ1v) is 9.58. The summed E-state index contributed by atoms with van der Waals surface area (Å²) in [6, 6.07) is 9.39. The van der Waals surface area contributed by atoms with Gasteiger partial charge >= 0.3 is 0 Å². The highest BCUT2D eigenvalue weighted by Gasteiger charge is 2.23. The standard InChI is InChI=1S/C21H29N5/c1-14(22)26-9-3-4-19(13-26)24-15(2)23-12-20-11-18-10-17(16-5-6-16)7-8-21(18)25-20/h7-8,10-11,16,19,23-25H,1-6,9,12-13,22H2. The number of fused-ring (bicyclic) bond motifs is 1. The molecule has 1 unspecified atom stereocenters. The van der Waals surface area contributed by atoms with E-state index in [1.165, 1.54) is 35.0 Å². The Kier molecular flexibility index (Phi) is 4.53. The van der Waals surface area contributed by atoms with E-state index in [9.17, 15) is 0 Å². The van der Waals surface area contributed by atoms with Gasteiger partial charge in [-0.2, -0.15) is 0 Å². The molecule has 2 aromatic rings. The molecule has 1 atom stereocenters. The van der Waals surface area contributed by atoms with Gasteiger partial charge in [-0.25, -0.2) is 0 Å². The number of likely N-dealkylation sites (tertiary alicyclic amines) is 1. The van der Waals surface area contributed by atoms with Crippen LogP contribution in [0.25, 0.3) is 10.9 Å². The summed E-state index contributed by atoms with van der Waals surface area (Å²) < 4.78 is 0. The van der Waals surface area contributed by atoms with Crippen molar-refractivity contribution in [2.24, 2.45) is 5.73 Å². The molecule has 5 heteroatoms. The molecule has 5 N–H and O–H groups in total. The Balaban J connectivity index is 1.31. The summed E-state index contributed by atoms with van der Waals surface area (Å²) in [6.07, 6.45) is 4.92.